The number of carbonyl (C=O) groups is 2. The number of hydrogen-bond acceptors (Lipinski definition) is 6. The molecule has 210 valence electrons. The summed E-state index contributed by atoms with van der Waals surface area (Å²) in [4.78, 5) is 37.5. The number of anilines is 1. The minimum Gasteiger partial charge on any atom is -0.487 e. The molecule has 4 heterocycles. The first-order valence-electron chi connectivity index (χ1n) is 14.0. The zero-order valence-electron chi connectivity index (χ0n) is 23.2. The summed E-state index contributed by atoms with van der Waals surface area (Å²) in [6.45, 7) is 6.18. The van der Waals surface area contributed by atoms with Crippen molar-refractivity contribution < 1.29 is 18.7 Å². The Morgan fingerprint density at radius 1 is 1.10 bits per heavy atom. The summed E-state index contributed by atoms with van der Waals surface area (Å²) in [5.74, 6) is 1.72. The third-order valence-electron chi connectivity index (χ3n) is 8.44. The van der Waals surface area contributed by atoms with E-state index in [4.69, 9.17) is 9.72 Å². The van der Waals surface area contributed by atoms with Crippen LogP contribution in [0.4, 0.5) is 15.0 Å². The molecule has 9 nitrogen and oxygen atoms in total. The molecule has 3 aromatic rings. The molecular formula is C30H35FN6O3. The van der Waals surface area contributed by atoms with Gasteiger partial charge in [-0.3, -0.25) is 19.9 Å². The van der Waals surface area contributed by atoms with Gasteiger partial charge in [-0.2, -0.15) is 0 Å². The van der Waals surface area contributed by atoms with Gasteiger partial charge in [0.2, 0.25) is 5.91 Å². The van der Waals surface area contributed by atoms with E-state index >= 15 is 0 Å². The molecule has 10 heteroatoms. The van der Waals surface area contributed by atoms with Crippen LogP contribution in [0.15, 0.2) is 42.6 Å². The molecule has 1 aromatic carbocycles. The lowest BCUT2D eigenvalue weighted by Crippen LogP contribution is -2.50. The van der Waals surface area contributed by atoms with Crippen LogP contribution in [0.25, 0.3) is 11.5 Å². The Balaban J connectivity index is 1.17. The average molecular weight is 547 g/mol. The molecule has 2 fully saturated rings. The number of imidazole rings is 1. The molecule has 2 atom stereocenters. The highest BCUT2D eigenvalue weighted by Gasteiger charge is 2.39. The minimum atomic E-state index is -0.887. The van der Waals surface area contributed by atoms with Gasteiger partial charge in [0.05, 0.1) is 17.4 Å². The predicted octanol–water partition coefficient (Wildman–Crippen LogP) is 4.84. The number of pyridine rings is 1. The van der Waals surface area contributed by atoms with Gasteiger partial charge in [-0.05, 0) is 62.4 Å². The zero-order chi connectivity index (χ0) is 28.0. The summed E-state index contributed by atoms with van der Waals surface area (Å²) < 4.78 is 22.0. The van der Waals surface area contributed by atoms with Crippen molar-refractivity contribution in [3.05, 3.63) is 59.4 Å². The summed E-state index contributed by atoms with van der Waals surface area (Å²) >= 11 is 0. The molecule has 2 aromatic heterocycles. The van der Waals surface area contributed by atoms with Crippen LogP contribution in [-0.4, -0.2) is 50.2 Å². The van der Waals surface area contributed by atoms with Crippen molar-refractivity contribution >= 4 is 17.8 Å². The second-order valence-corrected chi connectivity index (χ2v) is 11.5. The van der Waals surface area contributed by atoms with Crippen molar-refractivity contribution in [3.63, 3.8) is 0 Å². The molecule has 2 aliphatic heterocycles. The number of halogens is 1. The summed E-state index contributed by atoms with van der Waals surface area (Å²) in [5, 5.41) is 2.36. The van der Waals surface area contributed by atoms with E-state index in [-0.39, 0.29) is 24.0 Å². The van der Waals surface area contributed by atoms with E-state index in [1.807, 2.05) is 29.8 Å². The van der Waals surface area contributed by atoms with Gasteiger partial charge in [-0.1, -0.05) is 24.6 Å². The Hall–Kier alpha value is -3.79. The molecule has 3 aliphatic rings. The maximum atomic E-state index is 14.2. The predicted molar refractivity (Wildman–Crippen MR) is 148 cm³/mol. The topological polar surface area (TPSA) is 92.6 Å². The van der Waals surface area contributed by atoms with Gasteiger partial charge in [-0.15, -0.1) is 0 Å². The Morgan fingerprint density at radius 3 is 2.62 bits per heavy atom. The summed E-state index contributed by atoms with van der Waals surface area (Å²) in [7, 11) is 1.85. The van der Waals surface area contributed by atoms with Crippen molar-refractivity contribution in [2.45, 2.75) is 76.9 Å². The Kier molecular flexibility index (Phi) is 6.82. The zero-order valence-corrected chi connectivity index (χ0v) is 23.2. The number of nitrogens with zero attached hydrogens (tertiary/aromatic N) is 5. The number of alkyl halides is 1. The van der Waals surface area contributed by atoms with E-state index in [1.165, 1.54) is 10.5 Å². The van der Waals surface area contributed by atoms with Gasteiger partial charge in [-0.25, -0.2) is 19.2 Å². The number of ether oxygens (including phenoxy) is 1. The van der Waals surface area contributed by atoms with Gasteiger partial charge in [0.15, 0.2) is 5.82 Å². The molecule has 1 saturated carbocycles. The van der Waals surface area contributed by atoms with E-state index in [0.29, 0.717) is 24.6 Å². The monoisotopic (exact) mass is 546 g/mol. The lowest BCUT2D eigenvalue weighted by molar-refractivity contribution is -0.120. The fourth-order valence-corrected chi connectivity index (χ4v) is 6.00. The minimum absolute atomic E-state index is 0.252. The third kappa shape index (κ3) is 4.85. The first-order valence-corrected chi connectivity index (χ1v) is 14.0. The van der Waals surface area contributed by atoms with Gasteiger partial charge in [0.1, 0.15) is 29.5 Å². The largest absolute Gasteiger partial charge is 0.487 e. The molecule has 6 rings (SSSR count). The van der Waals surface area contributed by atoms with Crippen molar-refractivity contribution in [1.29, 1.82) is 0 Å². The molecule has 0 radical (unpaired) electrons. The summed E-state index contributed by atoms with van der Waals surface area (Å²) in [5.41, 5.74) is 3.74. The maximum absolute atomic E-state index is 14.2. The number of aromatic nitrogens is 3. The van der Waals surface area contributed by atoms with Crippen molar-refractivity contribution in [3.8, 4) is 17.3 Å². The number of fused-ring (bicyclic) bond motifs is 1. The van der Waals surface area contributed by atoms with Crippen molar-refractivity contribution in [2.24, 2.45) is 7.05 Å². The van der Waals surface area contributed by atoms with Crippen molar-refractivity contribution in [1.82, 2.24) is 24.8 Å². The van der Waals surface area contributed by atoms with Crippen LogP contribution in [0.2, 0.25) is 0 Å². The molecule has 0 bridgehead atoms. The number of carbonyl (C=O) groups excluding carboxylic acids is 2. The number of amides is 3. The van der Waals surface area contributed by atoms with E-state index in [1.54, 1.807) is 6.20 Å². The van der Waals surface area contributed by atoms with Crippen LogP contribution < -0.4 is 15.0 Å². The second kappa shape index (κ2) is 10.3. The second-order valence-electron chi connectivity index (χ2n) is 11.5. The highest BCUT2D eigenvalue weighted by molar-refractivity contribution is 6.05. The van der Waals surface area contributed by atoms with Gasteiger partial charge in [0, 0.05) is 33.1 Å². The average Bonchev–Trinajstić information content (AvgIpc) is 3.42. The fourth-order valence-electron chi connectivity index (χ4n) is 6.00. The first-order chi connectivity index (χ1) is 19.2. The maximum Gasteiger partial charge on any atom is 0.329 e. The van der Waals surface area contributed by atoms with Gasteiger partial charge >= 0.3 is 6.03 Å². The van der Waals surface area contributed by atoms with Crippen LogP contribution >= 0.6 is 0 Å². The lowest BCUT2D eigenvalue weighted by Gasteiger charge is -2.32. The number of hydrogen-bond donors (Lipinski definition) is 1. The van der Waals surface area contributed by atoms with E-state index in [0.717, 1.165) is 55.1 Å². The Labute approximate surface area is 233 Å². The molecule has 40 heavy (non-hydrogen) atoms. The molecule has 1 saturated heterocycles. The van der Waals surface area contributed by atoms with Crippen LogP contribution in [0.1, 0.15) is 62.8 Å². The fraction of sp³-hybridized carbons (Fsp3) is 0.467. The van der Waals surface area contributed by atoms with Gasteiger partial charge < -0.3 is 9.30 Å². The smallest absolute Gasteiger partial charge is 0.329 e. The van der Waals surface area contributed by atoms with Crippen LogP contribution in [0.5, 0.6) is 5.75 Å². The normalized spacial score (nSPS) is 22.8. The third-order valence-corrected chi connectivity index (χ3v) is 8.44. The van der Waals surface area contributed by atoms with Crippen LogP contribution in [0.3, 0.4) is 0 Å². The van der Waals surface area contributed by atoms with Crippen LogP contribution in [-0.2, 0) is 30.5 Å². The SMILES string of the molecule is Cn1c(N2CCC(=O)NC2=O)cnc1-c1ccc2c(n1)C(C)(C)N(Cc1ccc(O[C@@H]3CCCC[C@@H]3F)cc1)C2. The Morgan fingerprint density at radius 2 is 1.88 bits per heavy atom. The standard InChI is InChI=1S/C30H35FN6O3/c1-30(2)27-20(18-36(30)17-19-8-11-21(12-9-19)40-24-7-5-4-6-22(24)31)10-13-23(33-27)28-32-16-26(35(28)3)37-15-14-25(38)34-29(37)39/h8-13,16,22,24H,4-7,14-15,17-18H2,1-3H3,(H,34,38,39)/t22-,24+/m0/s1. The van der Waals surface area contributed by atoms with E-state index in [9.17, 15) is 14.0 Å². The Bertz CT molecular complexity index is 1440. The lowest BCUT2D eigenvalue weighted by atomic mass is 9.96. The van der Waals surface area contributed by atoms with Crippen LogP contribution in [0, 0.1) is 0 Å². The van der Waals surface area contributed by atoms with E-state index < -0.39 is 12.2 Å². The number of rotatable bonds is 6. The summed E-state index contributed by atoms with van der Waals surface area (Å²) in [6.07, 6.45) is 3.98. The molecule has 1 aliphatic carbocycles. The molecular weight excluding hydrogens is 511 g/mol. The number of urea groups is 1. The summed E-state index contributed by atoms with van der Waals surface area (Å²) in [6, 6.07) is 11.6. The van der Waals surface area contributed by atoms with E-state index in [2.05, 4.69) is 47.2 Å². The molecule has 0 spiro atoms. The number of nitrogens with one attached hydrogen (secondary N) is 1. The quantitative estimate of drug-likeness (QED) is 0.476. The highest BCUT2D eigenvalue weighted by atomic mass is 19.1. The molecule has 3 amide bonds. The van der Waals surface area contributed by atoms with Crippen molar-refractivity contribution in [2.75, 3.05) is 11.4 Å². The number of benzene rings is 1. The first kappa shape index (κ1) is 26.4. The van der Waals surface area contributed by atoms with Gasteiger partial charge in [0.25, 0.3) is 0 Å². The number of imide groups is 1. The highest BCUT2D eigenvalue weighted by Crippen LogP contribution is 2.40. The molecule has 1 N–H and O–H groups in total. The molecule has 0 unspecified atom stereocenters.